The van der Waals surface area contributed by atoms with Gasteiger partial charge in [0.05, 0.1) is 6.61 Å². The predicted octanol–water partition coefficient (Wildman–Crippen LogP) is 2.71. The smallest absolute Gasteiger partial charge is 0.274 e. The molecule has 3 rings (SSSR count). The van der Waals surface area contributed by atoms with Gasteiger partial charge in [-0.3, -0.25) is 4.79 Å². The van der Waals surface area contributed by atoms with Crippen LogP contribution >= 0.6 is 0 Å². The van der Waals surface area contributed by atoms with Crippen molar-refractivity contribution in [1.29, 1.82) is 0 Å². The molecule has 0 fully saturated rings. The number of aromatic nitrogens is 2. The number of hydrogen-bond donors (Lipinski definition) is 3. The lowest BCUT2D eigenvalue weighted by atomic mass is 10.2. The molecule has 2 aromatic carbocycles. The van der Waals surface area contributed by atoms with E-state index in [1.165, 1.54) is 12.4 Å². The van der Waals surface area contributed by atoms with Crippen molar-refractivity contribution in [2.24, 2.45) is 0 Å². The summed E-state index contributed by atoms with van der Waals surface area (Å²) in [6.07, 6.45) is 1.30. The van der Waals surface area contributed by atoms with Gasteiger partial charge >= 0.3 is 0 Å². The number of aliphatic hydroxyl groups is 1. The maximum absolute atomic E-state index is 12.4. The highest BCUT2D eigenvalue weighted by atomic mass is 16.5. The molecule has 0 saturated heterocycles. The predicted molar refractivity (Wildman–Crippen MR) is 103 cm³/mol. The van der Waals surface area contributed by atoms with Crippen LogP contribution in [0.4, 0.5) is 11.5 Å². The normalized spacial score (nSPS) is 10.3. The molecule has 138 valence electrons. The number of anilines is 2. The van der Waals surface area contributed by atoms with Crippen LogP contribution in [0.3, 0.4) is 0 Å². The lowest BCUT2D eigenvalue weighted by Gasteiger charge is -2.10. The van der Waals surface area contributed by atoms with E-state index in [9.17, 15) is 4.79 Å². The van der Waals surface area contributed by atoms with E-state index in [0.29, 0.717) is 30.4 Å². The second kappa shape index (κ2) is 9.30. The third-order valence-electron chi connectivity index (χ3n) is 3.66. The Bertz CT molecular complexity index is 887. The number of carbonyl (C=O) groups excluding carboxylic acids is 1. The molecule has 0 atom stereocenters. The van der Waals surface area contributed by atoms with Gasteiger partial charge in [-0.15, -0.1) is 0 Å². The molecule has 0 spiro atoms. The number of amides is 1. The molecule has 0 saturated carbocycles. The van der Waals surface area contributed by atoms with Crippen molar-refractivity contribution in [1.82, 2.24) is 9.97 Å². The van der Waals surface area contributed by atoms with E-state index in [-0.39, 0.29) is 18.2 Å². The van der Waals surface area contributed by atoms with Crippen LogP contribution in [0.15, 0.2) is 67.0 Å². The standard InChI is InChI=1S/C20H20N4O3/c25-10-9-21-19-12-18(22-14-23-19)20(26)24-16-7-4-8-17(11-16)27-13-15-5-2-1-3-6-15/h1-8,11-12,14,25H,9-10,13H2,(H,24,26)(H,21,22,23). The first-order chi connectivity index (χ1) is 13.2. The average Bonchev–Trinajstić information content (AvgIpc) is 2.72. The summed E-state index contributed by atoms with van der Waals surface area (Å²) in [7, 11) is 0. The van der Waals surface area contributed by atoms with Crippen molar-refractivity contribution in [3.63, 3.8) is 0 Å². The molecule has 3 N–H and O–H groups in total. The second-order valence-corrected chi connectivity index (χ2v) is 5.70. The van der Waals surface area contributed by atoms with Gasteiger partial charge in [0.15, 0.2) is 0 Å². The number of rotatable bonds is 8. The van der Waals surface area contributed by atoms with Gasteiger partial charge < -0.3 is 20.5 Å². The Kier molecular flexibility index (Phi) is 6.32. The van der Waals surface area contributed by atoms with Crippen LogP contribution in [-0.2, 0) is 6.61 Å². The molecule has 0 bridgehead atoms. The highest BCUT2D eigenvalue weighted by Crippen LogP contribution is 2.19. The van der Waals surface area contributed by atoms with Gasteiger partial charge in [-0.2, -0.15) is 0 Å². The third kappa shape index (κ3) is 5.52. The van der Waals surface area contributed by atoms with E-state index in [1.54, 1.807) is 12.1 Å². The highest BCUT2D eigenvalue weighted by molar-refractivity contribution is 6.03. The number of carbonyl (C=O) groups is 1. The number of nitrogens with zero attached hydrogens (tertiary/aromatic N) is 2. The lowest BCUT2D eigenvalue weighted by molar-refractivity contribution is 0.102. The van der Waals surface area contributed by atoms with E-state index in [4.69, 9.17) is 9.84 Å². The van der Waals surface area contributed by atoms with Crippen LogP contribution in [0.25, 0.3) is 0 Å². The number of hydrogen-bond acceptors (Lipinski definition) is 6. The van der Waals surface area contributed by atoms with Gasteiger partial charge in [0.25, 0.3) is 5.91 Å². The summed E-state index contributed by atoms with van der Waals surface area (Å²) in [6, 6.07) is 18.6. The molecule has 7 heteroatoms. The summed E-state index contributed by atoms with van der Waals surface area (Å²) in [4.78, 5) is 20.4. The summed E-state index contributed by atoms with van der Waals surface area (Å²) in [5.74, 6) is 0.776. The first kappa shape index (κ1) is 18.3. The largest absolute Gasteiger partial charge is 0.489 e. The molecule has 0 unspecified atom stereocenters. The van der Waals surface area contributed by atoms with Crippen LogP contribution in [0, 0.1) is 0 Å². The molecule has 0 aliphatic rings. The van der Waals surface area contributed by atoms with Crippen molar-refractivity contribution >= 4 is 17.4 Å². The Labute approximate surface area is 157 Å². The molecule has 27 heavy (non-hydrogen) atoms. The molecule has 1 aromatic heterocycles. The minimum atomic E-state index is -0.357. The van der Waals surface area contributed by atoms with Crippen LogP contribution in [0.1, 0.15) is 16.1 Å². The van der Waals surface area contributed by atoms with Gasteiger partial charge in [-0.25, -0.2) is 9.97 Å². The molecule has 1 amide bonds. The number of nitrogens with one attached hydrogen (secondary N) is 2. The van der Waals surface area contributed by atoms with E-state index in [1.807, 2.05) is 42.5 Å². The van der Waals surface area contributed by atoms with Crippen molar-refractivity contribution in [3.05, 3.63) is 78.2 Å². The molecule has 0 aliphatic heterocycles. The molecular formula is C20H20N4O3. The van der Waals surface area contributed by atoms with Crippen molar-refractivity contribution in [3.8, 4) is 5.75 Å². The van der Waals surface area contributed by atoms with Gasteiger partial charge in [0.1, 0.15) is 30.2 Å². The number of aliphatic hydroxyl groups excluding tert-OH is 1. The van der Waals surface area contributed by atoms with Gasteiger partial charge in [-0.05, 0) is 17.7 Å². The fourth-order valence-electron chi connectivity index (χ4n) is 2.36. The zero-order valence-electron chi connectivity index (χ0n) is 14.6. The van der Waals surface area contributed by atoms with Crippen molar-refractivity contribution in [2.75, 3.05) is 23.8 Å². The second-order valence-electron chi connectivity index (χ2n) is 5.70. The minimum absolute atomic E-state index is 0.0265. The molecule has 0 aliphatic carbocycles. The van der Waals surface area contributed by atoms with Gasteiger partial charge in [0.2, 0.25) is 0 Å². The van der Waals surface area contributed by atoms with E-state index >= 15 is 0 Å². The first-order valence-corrected chi connectivity index (χ1v) is 8.49. The zero-order chi connectivity index (χ0) is 18.9. The molecule has 1 heterocycles. The summed E-state index contributed by atoms with van der Waals surface area (Å²) < 4.78 is 5.77. The molecular weight excluding hydrogens is 344 g/mol. The number of benzene rings is 2. The maximum Gasteiger partial charge on any atom is 0.274 e. The summed E-state index contributed by atoms with van der Waals surface area (Å²) in [5.41, 5.74) is 1.89. The fourth-order valence-corrected chi connectivity index (χ4v) is 2.36. The first-order valence-electron chi connectivity index (χ1n) is 8.49. The SMILES string of the molecule is O=C(Nc1cccc(OCc2ccccc2)c1)c1cc(NCCO)ncn1. The Morgan fingerprint density at radius 2 is 1.89 bits per heavy atom. The van der Waals surface area contributed by atoms with Gasteiger partial charge in [0, 0.05) is 24.4 Å². The van der Waals surface area contributed by atoms with Crippen molar-refractivity contribution < 1.29 is 14.6 Å². The average molecular weight is 364 g/mol. The van der Waals surface area contributed by atoms with Crippen molar-refractivity contribution in [2.45, 2.75) is 6.61 Å². The molecule has 0 radical (unpaired) electrons. The quantitative estimate of drug-likeness (QED) is 0.569. The fraction of sp³-hybridized carbons (Fsp3) is 0.150. The summed E-state index contributed by atoms with van der Waals surface area (Å²) in [6.45, 7) is 0.768. The summed E-state index contributed by atoms with van der Waals surface area (Å²) >= 11 is 0. The van der Waals surface area contributed by atoms with Crippen LogP contribution in [0.5, 0.6) is 5.75 Å². The van der Waals surface area contributed by atoms with Gasteiger partial charge in [-0.1, -0.05) is 36.4 Å². The third-order valence-corrected chi connectivity index (χ3v) is 3.66. The number of ether oxygens (including phenoxy) is 1. The van der Waals surface area contributed by atoms with Crippen LogP contribution in [-0.4, -0.2) is 34.1 Å². The minimum Gasteiger partial charge on any atom is -0.489 e. The Morgan fingerprint density at radius 3 is 2.70 bits per heavy atom. The monoisotopic (exact) mass is 364 g/mol. The molecule has 3 aromatic rings. The topological polar surface area (TPSA) is 96.4 Å². The maximum atomic E-state index is 12.4. The van der Waals surface area contributed by atoms with Crippen LogP contribution < -0.4 is 15.4 Å². The van der Waals surface area contributed by atoms with Crippen LogP contribution in [0.2, 0.25) is 0 Å². The van der Waals surface area contributed by atoms with E-state index in [0.717, 1.165) is 5.56 Å². The Balaban J connectivity index is 1.62. The van der Waals surface area contributed by atoms with E-state index in [2.05, 4.69) is 20.6 Å². The van der Waals surface area contributed by atoms with E-state index < -0.39 is 0 Å². The Hall–Kier alpha value is -3.45. The molecule has 7 nitrogen and oxygen atoms in total. The highest BCUT2D eigenvalue weighted by Gasteiger charge is 2.10. The summed E-state index contributed by atoms with van der Waals surface area (Å²) in [5, 5.41) is 14.5. The zero-order valence-corrected chi connectivity index (χ0v) is 14.6. The lowest BCUT2D eigenvalue weighted by Crippen LogP contribution is -2.15. The Morgan fingerprint density at radius 1 is 1.04 bits per heavy atom.